The molecule has 1 aliphatic rings. The van der Waals surface area contributed by atoms with Crippen LogP contribution in [0.3, 0.4) is 0 Å². The summed E-state index contributed by atoms with van der Waals surface area (Å²) in [5.41, 5.74) is 0.403. The van der Waals surface area contributed by atoms with Crippen molar-refractivity contribution in [2.24, 2.45) is 0 Å². The van der Waals surface area contributed by atoms with Crippen molar-refractivity contribution in [3.63, 3.8) is 0 Å². The Labute approximate surface area is 180 Å². The first-order valence-corrected chi connectivity index (χ1v) is 9.95. The highest BCUT2D eigenvalue weighted by Gasteiger charge is 2.24. The average Bonchev–Trinajstić information content (AvgIpc) is 3.00. The lowest BCUT2D eigenvalue weighted by molar-refractivity contribution is -0.142. The second kappa shape index (κ2) is 10.7. The Hall–Kier alpha value is -2.76. The fourth-order valence-corrected chi connectivity index (χ4v) is 3.21. The molecule has 1 aromatic rings. The Kier molecular flexibility index (Phi) is 8.31. The first kappa shape index (κ1) is 22.5. The van der Waals surface area contributed by atoms with Gasteiger partial charge in [0, 0.05) is 27.8 Å². The van der Waals surface area contributed by atoms with E-state index >= 15 is 0 Å². The molecule has 1 heterocycles. The zero-order valence-electron chi connectivity index (χ0n) is 15.4. The summed E-state index contributed by atoms with van der Waals surface area (Å²) in [6, 6.07) is 5.70. The number of unbranched alkanes of at least 4 members (excludes halogenated alkanes) is 1. The van der Waals surface area contributed by atoms with Crippen LogP contribution in [0.25, 0.3) is 0 Å². The van der Waals surface area contributed by atoms with Gasteiger partial charge >= 0.3 is 5.97 Å². The molecule has 0 bridgehead atoms. The number of hydrogen-bond donors (Lipinski definition) is 3. The van der Waals surface area contributed by atoms with Gasteiger partial charge in [0.2, 0.25) is 5.91 Å². The number of carboxylic acid groups (broad SMARTS) is 1. The molecule has 1 aliphatic heterocycles. The minimum Gasteiger partial charge on any atom is -0.480 e. The molecule has 3 N–H and O–H groups in total. The number of carbonyl (C=O) groups is 5. The topological polar surface area (TPSA) is 133 Å². The molecule has 10 heteroatoms. The van der Waals surface area contributed by atoms with Gasteiger partial charge in [-0.3, -0.25) is 24.1 Å². The van der Waals surface area contributed by atoms with Gasteiger partial charge in [-0.25, -0.2) is 4.79 Å². The van der Waals surface area contributed by atoms with Gasteiger partial charge in [0.25, 0.3) is 17.7 Å². The van der Waals surface area contributed by atoms with Crippen molar-refractivity contribution in [3.8, 4) is 0 Å². The van der Waals surface area contributed by atoms with Crippen LogP contribution in [0.1, 0.15) is 29.6 Å². The molecule has 0 saturated carbocycles. The van der Waals surface area contributed by atoms with Crippen molar-refractivity contribution in [2.75, 3.05) is 13.1 Å². The molecule has 0 unspecified atom stereocenters. The summed E-state index contributed by atoms with van der Waals surface area (Å²) in [6.07, 6.45) is 3.32. The van der Waals surface area contributed by atoms with E-state index in [9.17, 15) is 29.1 Å². The molecule has 154 valence electrons. The normalized spacial score (nSPS) is 14.0. The average molecular weight is 517 g/mol. The van der Waals surface area contributed by atoms with Crippen LogP contribution in [-0.2, 0) is 19.2 Å². The molecular weight excluding hydrogens is 497 g/mol. The van der Waals surface area contributed by atoms with E-state index in [2.05, 4.69) is 33.2 Å². The monoisotopic (exact) mass is 517 g/mol. The Morgan fingerprint density at radius 2 is 1.79 bits per heavy atom. The lowest BCUT2D eigenvalue weighted by Crippen LogP contribution is -2.45. The van der Waals surface area contributed by atoms with Crippen molar-refractivity contribution in [3.05, 3.63) is 45.6 Å². The highest BCUT2D eigenvalue weighted by Crippen LogP contribution is 2.09. The lowest BCUT2D eigenvalue weighted by atomic mass is 10.1. The van der Waals surface area contributed by atoms with Gasteiger partial charge in [-0.1, -0.05) is 6.07 Å². The summed E-state index contributed by atoms with van der Waals surface area (Å²) in [5, 5.41) is 14.1. The summed E-state index contributed by atoms with van der Waals surface area (Å²) >= 11 is 2.07. The number of amides is 4. The molecule has 29 heavy (non-hydrogen) atoms. The fraction of sp³-hybridized carbons (Fsp3) is 0.316. The standard InChI is InChI=1S/C19H20IN3O6/c20-13-5-3-4-12(10-13)18(27)21-11-15(24)22-14(19(28)29)6-1-2-9-23-16(25)7-8-17(23)26/h3-5,7-8,10,14H,1-2,6,9,11H2,(H,21,27)(H,22,24)(H,28,29)/t14-/m0/s1/i20+4. The van der Waals surface area contributed by atoms with Crippen LogP contribution in [-0.4, -0.2) is 58.7 Å². The third-order valence-corrected chi connectivity index (χ3v) is 4.83. The number of rotatable bonds is 10. The van der Waals surface area contributed by atoms with Crippen molar-refractivity contribution >= 4 is 52.2 Å². The third-order valence-electron chi connectivity index (χ3n) is 4.15. The molecule has 0 aliphatic carbocycles. The van der Waals surface area contributed by atoms with Crippen LogP contribution in [0, 0.1) is 3.57 Å². The van der Waals surface area contributed by atoms with E-state index in [1.807, 2.05) is 6.07 Å². The summed E-state index contributed by atoms with van der Waals surface area (Å²) in [5.74, 6) is -3.02. The maximum atomic E-state index is 12.0. The quantitative estimate of drug-likeness (QED) is 0.238. The Morgan fingerprint density at radius 3 is 2.41 bits per heavy atom. The van der Waals surface area contributed by atoms with Crippen LogP contribution >= 0.6 is 22.6 Å². The maximum absolute atomic E-state index is 12.0. The molecule has 0 saturated heterocycles. The van der Waals surface area contributed by atoms with E-state index in [-0.39, 0.29) is 31.3 Å². The Balaban J connectivity index is 1.73. The van der Waals surface area contributed by atoms with E-state index in [1.165, 1.54) is 12.2 Å². The maximum Gasteiger partial charge on any atom is 0.326 e. The molecule has 0 radical (unpaired) electrons. The number of benzene rings is 1. The van der Waals surface area contributed by atoms with Crippen LogP contribution in [0.2, 0.25) is 0 Å². The number of aliphatic carboxylic acids is 1. The Bertz CT molecular complexity index is 836. The predicted octanol–water partition coefficient (Wildman–Crippen LogP) is 0.686. The van der Waals surface area contributed by atoms with Gasteiger partial charge in [0.1, 0.15) is 6.04 Å². The van der Waals surface area contributed by atoms with Crippen LogP contribution in [0.4, 0.5) is 0 Å². The van der Waals surface area contributed by atoms with Crippen LogP contribution in [0.5, 0.6) is 0 Å². The van der Waals surface area contributed by atoms with Gasteiger partial charge in [0.05, 0.1) is 6.54 Å². The number of imide groups is 1. The van der Waals surface area contributed by atoms with E-state index in [0.29, 0.717) is 18.4 Å². The van der Waals surface area contributed by atoms with Crippen molar-refractivity contribution in [1.29, 1.82) is 0 Å². The molecule has 9 nitrogen and oxygen atoms in total. The van der Waals surface area contributed by atoms with Gasteiger partial charge < -0.3 is 15.7 Å². The SMILES string of the molecule is O=C(CNC(=O)c1cccc([131I])c1)N[C@@H](CCCCN1C(=O)C=CC1=O)C(=O)O. The number of hydrogen-bond acceptors (Lipinski definition) is 5. The van der Waals surface area contributed by atoms with Gasteiger partial charge in [-0.05, 0) is 60.1 Å². The van der Waals surface area contributed by atoms with Crippen molar-refractivity contribution in [1.82, 2.24) is 15.5 Å². The van der Waals surface area contributed by atoms with Gasteiger partial charge in [-0.2, -0.15) is 0 Å². The minimum absolute atomic E-state index is 0.134. The third kappa shape index (κ3) is 6.97. The molecule has 0 spiro atoms. The molecule has 4 amide bonds. The first-order valence-electron chi connectivity index (χ1n) is 8.87. The molecule has 2 rings (SSSR count). The number of carboxylic acids is 1. The molecule has 1 aromatic carbocycles. The summed E-state index contributed by atoms with van der Waals surface area (Å²) in [7, 11) is 0. The molecule has 1 atom stereocenters. The highest BCUT2D eigenvalue weighted by atomic mass is 131. The molecule has 0 aromatic heterocycles. The van der Waals surface area contributed by atoms with E-state index in [4.69, 9.17) is 0 Å². The minimum atomic E-state index is -1.20. The van der Waals surface area contributed by atoms with Crippen molar-refractivity contribution in [2.45, 2.75) is 25.3 Å². The van der Waals surface area contributed by atoms with Gasteiger partial charge in [0.15, 0.2) is 0 Å². The first-order chi connectivity index (χ1) is 13.8. The predicted molar refractivity (Wildman–Crippen MR) is 111 cm³/mol. The number of carbonyl (C=O) groups excluding carboxylic acids is 4. The number of nitrogens with zero attached hydrogens (tertiary/aromatic N) is 1. The van der Waals surface area contributed by atoms with E-state index in [1.54, 1.807) is 18.2 Å². The number of halogens is 1. The van der Waals surface area contributed by atoms with Crippen molar-refractivity contribution < 1.29 is 29.1 Å². The molecular formula is C19H20IN3O6. The fourth-order valence-electron chi connectivity index (χ4n) is 2.66. The summed E-state index contributed by atoms with van der Waals surface area (Å²) < 4.78 is 0.874. The van der Waals surface area contributed by atoms with E-state index in [0.717, 1.165) is 8.47 Å². The van der Waals surface area contributed by atoms with Crippen LogP contribution in [0.15, 0.2) is 36.4 Å². The van der Waals surface area contributed by atoms with Gasteiger partial charge in [-0.15, -0.1) is 0 Å². The summed E-state index contributed by atoms with van der Waals surface area (Å²) in [4.78, 5) is 59.4. The summed E-state index contributed by atoms with van der Waals surface area (Å²) in [6.45, 7) is -0.159. The zero-order chi connectivity index (χ0) is 21.4. The zero-order valence-corrected chi connectivity index (χ0v) is 17.5. The highest BCUT2D eigenvalue weighted by molar-refractivity contribution is 14.1. The second-order valence-corrected chi connectivity index (χ2v) is 7.55. The van der Waals surface area contributed by atoms with Crippen LogP contribution < -0.4 is 10.6 Å². The second-order valence-electron chi connectivity index (χ2n) is 6.31. The largest absolute Gasteiger partial charge is 0.480 e. The Morgan fingerprint density at radius 1 is 1.10 bits per heavy atom. The molecule has 0 fully saturated rings. The smallest absolute Gasteiger partial charge is 0.326 e. The number of nitrogens with one attached hydrogen (secondary N) is 2. The lowest BCUT2D eigenvalue weighted by Gasteiger charge is -2.16. The van der Waals surface area contributed by atoms with E-state index < -0.39 is 23.8 Å².